The van der Waals surface area contributed by atoms with Crippen molar-refractivity contribution in [3.05, 3.63) is 93.8 Å². The normalized spacial score (nSPS) is 14.1. The first-order valence-electron chi connectivity index (χ1n) is 14.0. The van der Waals surface area contributed by atoms with Gasteiger partial charge in [-0.15, -0.1) is 10.2 Å². The lowest BCUT2D eigenvalue weighted by Gasteiger charge is -2.21. The molecule has 2 N–H and O–H groups in total. The van der Waals surface area contributed by atoms with Crippen LogP contribution in [0, 0.1) is 18.7 Å². The van der Waals surface area contributed by atoms with Crippen molar-refractivity contribution < 1.29 is 27.9 Å². The van der Waals surface area contributed by atoms with E-state index in [-0.39, 0.29) is 40.7 Å². The number of amides is 2. The number of aromatic nitrogens is 4. The zero-order chi connectivity index (χ0) is 31.6. The van der Waals surface area contributed by atoms with Gasteiger partial charge >= 0.3 is 6.09 Å². The number of hydrogen-bond acceptors (Lipinski definition) is 9. The summed E-state index contributed by atoms with van der Waals surface area (Å²) in [4.78, 5) is 56.9. The number of benzene rings is 2. The van der Waals surface area contributed by atoms with Gasteiger partial charge in [0.05, 0.1) is 24.3 Å². The van der Waals surface area contributed by atoms with E-state index in [4.69, 9.17) is 4.42 Å². The predicted octanol–water partition coefficient (Wildman–Crippen LogP) is 4.02. The summed E-state index contributed by atoms with van der Waals surface area (Å²) in [7, 11) is 1.16. The van der Waals surface area contributed by atoms with E-state index in [2.05, 4.69) is 30.6 Å². The maximum absolute atomic E-state index is 13.5. The van der Waals surface area contributed by atoms with Gasteiger partial charge in [0.15, 0.2) is 0 Å². The van der Waals surface area contributed by atoms with Gasteiger partial charge in [-0.2, -0.15) is 0 Å². The predicted molar refractivity (Wildman–Crippen MR) is 157 cm³/mol. The van der Waals surface area contributed by atoms with Crippen molar-refractivity contribution in [2.24, 2.45) is 5.92 Å². The first kappa shape index (κ1) is 30.3. The fourth-order valence-electron chi connectivity index (χ4n) is 4.98. The van der Waals surface area contributed by atoms with E-state index >= 15 is 0 Å². The zero-order valence-electron chi connectivity index (χ0n) is 24.6. The number of nitrogens with zero attached hydrogens (tertiary/aromatic N) is 4. The number of halogens is 1. The van der Waals surface area contributed by atoms with Gasteiger partial charge in [-0.3, -0.25) is 24.3 Å². The van der Waals surface area contributed by atoms with Gasteiger partial charge in [-0.1, -0.05) is 56.3 Å². The molecule has 0 saturated heterocycles. The molecule has 1 atom stereocenters. The number of methoxy groups -OCH3 is 1. The van der Waals surface area contributed by atoms with Crippen LogP contribution in [0.1, 0.15) is 54.5 Å². The van der Waals surface area contributed by atoms with Crippen LogP contribution in [0.2, 0.25) is 0 Å². The summed E-state index contributed by atoms with van der Waals surface area (Å²) < 4.78 is 25.0. The maximum Gasteiger partial charge on any atom is 0.411 e. The first-order chi connectivity index (χ1) is 21.0. The van der Waals surface area contributed by atoms with Crippen LogP contribution in [0.25, 0.3) is 11.4 Å². The third kappa shape index (κ3) is 5.98. The number of hydrogen-bond donors (Lipinski definition) is 2. The Labute approximate surface area is 251 Å². The molecule has 0 bridgehead atoms. The van der Waals surface area contributed by atoms with E-state index in [1.165, 1.54) is 12.1 Å². The van der Waals surface area contributed by atoms with E-state index in [1.807, 2.05) is 0 Å². The molecule has 1 fully saturated rings. The van der Waals surface area contributed by atoms with Crippen LogP contribution in [0.4, 0.5) is 14.9 Å². The van der Waals surface area contributed by atoms with Gasteiger partial charge in [-0.05, 0) is 43.4 Å². The number of aryl methyl sites for hydroxylation is 1. The van der Waals surface area contributed by atoms with E-state index < -0.39 is 41.3 Å². The molecule has 4 aromatic rings. The van der Waals surface area contributed by atoms with Gasteiger partial charge in [-0.25, -0.2) is 14.2 Å². The lowest BCUT2D eigenvalue weighted by molar-refractivity contribution is -0.122. The van der Waals surface area contributed by atoms with Crippen molar-refractivity contribution in [3.63, 3.8) is 0 Å². The van der Waals surface area contributed by atoms with Crippen molar-refractivity contribution >= 4 is 23.5 Å². The molecule has 2 aromatic heterocycles. The van der Waals surface area contributed by atoms with Crippen LogP contribution < -0.4 is 16.2 Å². The van der Waals surface area contributed by atoms with E-state index in [1.54, 1.807) is 63.2 Å². The van der Waals surface area contributed by atoms with Crippen molar-refractivity contribution in [2.75, 3.05) is 12.4 Å². The lowest BCUT2D eigenvalue weighted by atomic mass is 9.96. The third-order valence-corrected chi connectivity index (χ3v) is 7.55. The minimum Gasteiger partial charge on any atom is -0.453 e. The second-order valence-corrected chi connectivity index (χ2v) is 10.9. The Morgan fingerprint density at radius 1 is 1.07 bits per heavy atom. The number of nitrogens with one attached hydrogen (secondary N) is 2. The molecule has 2 heterocycles. The number of rotatable bonds is 10. The Morgan fingerprint density at radius 2 is 1.75 bits per heavy atom. The van der Waals surface area contributed by atoms with Gasteiger partial charge in [0.2, 0.25) is 17.6 Å². The standard InChI is InChI=1S/C31H31FN6O6/c1-17(2)23(25(40)27-36-37-29(44-27)31(14-15-31)20-10-12-21(32)13-11-20)34-22(39)16-38-26(19-8-6-5-7-9-19)33-18(3)24(28(38)41)35-30(42)43-4/h5-13,17,23H,14-16H2,1-4H3,(H,34,39)(H,35,42). The van der Waals surface area contributed by atoms with Crippen LogP contribution in [0.5, 0.6) is 0 Å². The highest BCUT2D eigenvalue weighted by atomic mass is 19.1. The molecule has 44 heavy (non-hydrogen) atoms. The van der Waals surface area contributed by atoms with Crippen LogP contribution in [-0.2, 0) is 21.5 Å². The van der Waals surface area contributed by atoms with E-state index in [9.17, 15) is 23.6 Å². The highest BCUT2D eigenvalue weighted by Crippen LogP contribution is 2.52. The van der Waals surface area contributed by atoms with Gasteiger partial charge in [0.25, 0.3) is 11.4 Å². The third-order valence-electron chi connectivity index (χ3n) is 7.55. The molecule has 0 radical (unpaired) electrons. The Morgan fingerprint density at radius 3 is 2.36 bits per heavy atom. The van der Waals surface area contributed by atoms with E-state index in [0.717, 1.165) is 17.2 Å². The summed E-state index contributed by atoms with van der Waals surface area (Å²) in [6.07, 6.45) is 0.538. The molecule has 0 aliphatic heterocycles. The molecule has 5 rings (SSSR count). The first-order valence-corrected chi connectivity index (χ1v) is 14.0. The molecule has 1 aliphatic rings. The fourth-order valence-corrected chi connectivity index (χ4v) is 4.98. The number of carbonyl (C=O) groups is 3. The molecule has 1 saturated carbocycles. The molecular formula is C31H31FN6O6. The Kier molecular flexibility index (Phi) is 8.39. The van der Waals surface area contributed by atoms with Crippen molar-refractivity contribution in [3.8, 4) is 11.4 Å². The van der Waals surface area contributed by atoms with Crippen molar-refractivity contribution in [2.45, 2.75) is 51.6 Å². The molecule has 2 aromatic carbocycles. The maximum atomic E-state index is 13.5. The van der Waals surface area contributed by atoms with Gasteiger partial charge < -0.3 is 14.5 Å². The van der Waals surface area contributed by atoms with Crippen LogP contribution >= 0.6 is 0 Å². The molecule has 1 aliphatic carbocycles. The summed E-state index contributed by atoms with van der Waals surface area (Å²) >= 11 is 0. The minimum atomic E-state index is -1.06. The smallest absolute Gasteiger partial charge is 0.411 e. The fraction of sp³-hybridized carbons (Fsp3) is 0.323. The van der Waals surface area contributed by atoms with Gasteiger partial charge in [0.1, 0.15) is 23.9 Å². The van der Waals surface area contributed by atoms with E-state index in [0.29, 0.717) is 18.4 Å². The van der Waals surface area contributed by atoms with Crippen LogP contribution in [-0.4, -0.2) is 50.7 Å². The van der Waals surface area contributed by atoms with Crippen molar-refractivity contribution in [1.29, 1.82) is 0 Å². The highest BCUT2D eigenvalue weighted by molar-refractivity contribution is 5.98. The Bertz CT molecular complexity index is 1760. The Balaban J connectivity index is 1.40. The summed E-state index contributed by atoms with van der Waals surface area (Å²) in [6, 6.07) is 13.7. The SMILES string of the molecule is COC(=O)Nc1c(C)nc(-c2ccccc2)n(CC(=O)NC(C(=O)c2nnc(C3(c4ccc(F)cc4)CC3)o2)C(C)C)c1=O. The average Bonchev–Trinajstić information content (AvgIpc) is 3.67. The lowest BCUT2D eigenvalue weighted by Crippen LogP contribution is -2.46. The number of ether oxygens (including phenoxy) is 1. The number of carbonyl (C=O) groups excluding carboxylic acids is 3. The molecule has 0 spiro atoms. The molecule has 13 heteroatoms. The topological polar surface area (TPSA) is 158 Å². The van der Waals surface area contributed by atoms with Crippen LogP contribution in [0.15, 0.2) is 63.8 Å². The molecule has 228 valence electrons. The molecule has 12 nitrogen and oxygen atoms in total. The second-order valence-electron chi connectivity index (χ2n) is 10.9. The monoisotopic (exact) mass is 602 g/mol. The molecule has 1 unspecified atom stereocenters. The largest absolute Gasteiger partial charge is 0.453 e. The average molecular weight is 603 g/mol. The summed E-state index contributed by atoms with van der Waals surface area (Å²) in [5, 5.41) is 13.2. The summed E-state index contributed by atoms with van der Waals surface area (Å²) in [6.45, 7) is 4.53. The quantitative estimate of drug-likeness (QED) is 0.256. The Hall–Kier alpha value is -5.20. The summed E-state index contributed by atoms with van der Waals surface area (Å²) in [5.74, 6) is -1.82. The zero-order valence-corrected chi connectivity index (χ0v) is 24.6. The second kappa shape index (κ2) is 12.2. The van der Waals surface area contributed by atoms with Crippen LogP contribution in [0.3, 0.4) is 0 Å². The van der Waals surface area contributed by atoms with Crippen molar-refractivity contribution in [1.82, 2.24) is 25.1 Å². The number of anilines is 1. The molecule has 2 amide bonds. The molecular weight excluding hydrogens is 571 g/mol. The minimum absolute atomic E-state index is 0.144. The highest BCUT2D eigenvalue weighted by Gasteiger charge is 2.51. The summed E-state index contributed by atoms with van der Waals surface area (Å²) in [5.41, 5.74) is 0.195. The number of ketones is 1. The number of Topliss-reactive ketones (excluding diaryl/α,β-unsaturated/α-hetero) is 1. The van der Waals surface area contributed by atoms with Gasteiger partial charge in [0, 0.05) is 5.56 Å².